The van der Waals surface area contributed by atoms with Crippen LogP contribution >= 0.6 is 35.3 Å². The fourth-order valence-corrected chi connectivity index (χ4v) is 3.43. The van der Waals surface area contributed by atoms with Gasteiger partial charge in [-0.3, -0.25) is 4.79 Å². The van der Waals surface area contributed by atoms with Gasteiger partial charge in [-0.2, -0.15) is 0 Å². The van der Waals surface area contributed by atoms with Gasteiger partial charge in [0.25, 0.3) is 0 Å². The van der Waals surface area contributed by atoms with E-state index in [4.69, 9.17) is 0 Å². The molecule has 0 aliphatic rings. The Hall–Kier alpha value is -1.68. The number of guanidine groups is 1. The zero-order chi connectivity index (χ0) is 19.6. The van der Waals surface area contributed by atoms with Crippen molar-refractivity contribution in [2.75, 3.05) is 25.0 Å². The number of anilines is 1. The molecule has 6 nitrogen and oxygen atoms in total. The summed E-state index contributed by atoms with van der Waals surface area (Å²) in [4.78, 5) is 22.3. The molecule has 0 spiro atoms. The fourth-order valence-electron chi connectivity index (χ4n) is 2.50. The summed E-state index contributed by atoms with van der Waals surface area (Å²) in [5, 5.41) is 10.4. The maximum atomic E-state index is 12.2. The lowest BCUT2D eigenvalue weighted by Crippen LogP contribution is -2.39. The van der Waals surface area contributed by atoms with Crippen LogP contribution in [0, 0.1) is 13.8 Å². The van der Waals surface area contributed by atoms with E-state index in [1.165, 1.54) is 10.4 Å². The second kappa shape index (κ2) is 12.7. The van der Waals surface area contributed by atoms with Crippen molar-refractivity contribution in [2.45, 2.75) is 40.5 Å². The molecule has 1 aromatic carbocycles. The van der Waals surface area contributed by atoms with Gasteiger partial charge in [0, 0.05) is 30.1 Å². The molecule has 154 valence electrons. The average Bonchev–Trinajstić information content (AvgIpc) is 2.97. The number of halogens is 1. The molecule has 1 amide bonds. The molecule has 28 heavy (non-hydrogen) atoms. The molecule has 0 radical (unpaired) electrons. The Morgan fingerprint density at radius 1 is 1.21 bits per heavy atom. The Morgan fingerprint density at radius 2 is 2.00 bits per heavy atom. The van der Waals surface area contributed by atoms with Gasteiger partial charge in [-0.1, -0.05) is 19.1 Å². The van der Waals surface area contributed by atoms with Gasteiger partial charge in [-0.15, -0.1) is 35.3 Å². The first-order valence-electron chi connectivity index (χ1n) is 9.35. The summed E-state index contributed by atoms with van der Waals surface area (Å²) in [6.45, 7) is 9.74. The third-order valence-corrected chi connectivity index (χ3v) is 5.18. The number of aromatic nitrogens is 1. The van der Waals surface area contributed by atoms with Gasteiger partial charge in [-0.25, -0.2) is 9.98 Å². The van der Waals surface area contributed by atoms with Crippen molar-refractivity contribution in [1.29, 1.82) is 0 Å². The van der Waals surface area contributed by atoms with Crippen molar-refractivity contribution < 1.29 is 4.79 Å². The van der Waals surface area contributed by atoms with Crippen molar-refractivity contribution in [3.05, 3.63) is 45.4 Å². The SMILES string of the molecule is CCNC(=NCC(=O)Nc1cccc(CC)c1)NCCc1nc(C)c(C)s1.I. The minimum atomic E-state index is -0.133. The molecule has 1 aromatic heterocycles. The number of thiazole rings is 1. The van der Waals surface area contributed by atoms with Gasteiger partial charge >= 0.3 is 0 Å². The zero-order valence-corrected chi connectivity index (χ0v) is 20.1. The third kappa shape index (κ3) is 8.14. The molecule has 3 N–H and O–H groups in total. The van der Waals surface area contributed by atoms with E-state index >= 15 is 0 Å². The number of amides is 1. The monoisotopic (exact) mass is 515 g/mol. The first-order valence-corrected chi connectivity index (χ1v) is 10.2. The Morgan fingerprint density at radius 3 is 2.64 bits per heavy atom. The van der Waals surface area contributed by atoms with Gasteiger partial charge in [0.2, 0.25) is 5.91 Å². The van der Waals surface area contributed by atoms with E-state index in [-0.39, 0.29) is 36.4 Å². The first-order chi connectivity index (χ1) is 13.0. The van der Waals surface area contributed by atoms with Crippen LogP contribution in [0.3, 0.4) is 0 Å². The summed E-state index contributed by atoms with van der Waals surface area (Å²) in [6, 6.07) is 7.88. The van der Waals surface area contributed by atoms with Gasteiger partial charge < -0.3 is 16.0 Å². The molecular weight excluding hydrogens is 485 g/mol. The lowest BCUT2D eigenvalue weighted by molar-refractivity contribution is -0.114. The van der Waals surface area contributed by atoms with Crippen LogP contribution in [-0.4, -0.2) is 36.5 Å². The highest BCUT2D eigenvalue weighted by molar-refractivity contribution is 14.0. The van der Waals surface area contributed by atoms with Crippen molar-refractivity contribution in [1.82, 2.24) is 15.6 Å². The highest BCUT2D eigenvalue weighted by Gasteiger charge is 2.06. The number of carbonyl (C=O) groups excluding carboxylic acids is 1. The molecule has 0 bridgehead atoms. The van der Waals surface area contributed by atoms with Crippen LogP contribution < -0.4 is 16.0 Å². The molecule has 0 saturated heterocycles. The quantitative estimate of drug-likeness (QED) is 0.285. The second-order valence-corrected chi connectivity index (χ2v) is 7.51. The van der Waals surface area contributed by atoms with Crippen LogP contribution in [0.1, 0.15) is 35.0 Å². The standard InChI is InChI=1S/C20H29N5OS.HI/c1-5-16-8-7-9-17(12-16)25-18(26)13-23-20(21-6-2)22-11-10-19-24-14(3)15(4)27-19;/h7-9,12H,5-6,10-11,13H2,1-4H3,(H,25,26)(H2,21,22,23);1H. The minimum Gasteiger partial charge on any atom is -0.357 e. The van der Waals surface area contributed by atoms with Crippen molar-refractivity contribution >= 4 is 52.9 Å². The van der Waals surface area contributed by atoms with Crippen LogP contribution in [0.4, 0.5) is 5.69 Å². The molecule has 0 aliphatic carbocycles. The van der Waals surface area contributed by atoms with Gasteiger partial charge in [0.1, 0.15) is 6.54 Å². The summed E-state index contributed by atoms with van der Waals surface area (Å²) < 4.78 is 0. The largest absolute Gasteiger partial charge is 0.357 e. The Bertz CT molecular complexity index is 771. The summed E-state index contributed by atoms with van der Waals surface area (Å²) in [7, 11) is 0. The Labute approximate surface area is 188 Å². The topological polar surface area (TPSA) is 78.4 Å². The summed E-state index contributed by atoms with van der Waals surface area (Å²) >= 11 is 1.73. The van der Waals surface area contributed by atoms with Crippen molar-refractivity contribution in [3.63, 3.8) is 0 Å². The smallest absolute Gasteiger partial charge is 0.246 e. The van der Waals surface area contributed by atoms with E-state index in [0.29, 0.717) is 5.96 Å². The third-order valence-electron chi connectivity index (χ3n) is 4.05. The summed E-state index contributed by atoms with van der Waals surface area (Å²) in [5.41, 5.74) is 3.10. The molecule has 0 fully saturated rings. The predicted octanol–water partition coefficient (Wildman–Crippen LogP) is 3.68. The number of nitrogens with one attached hydrogen (secondary N) is 3. The van der Waals surface area contributed by atoms with Crippen LogP contribution in [0.2, 0.25) is 0 Å². The van der Waals surface area contributed by atoms with E-state index in [0.717, 1.165) is 42.3 Å². The average molecular weight is 515 g/mol. The van der Waals surface area contributed by atoms with Crippen LogP contribution in [0.25, 0.3) is 0 Å². The van der Waals surface area contributed by atoms with Gasteiger partial charge in [0.05, 0.1) is 10.7 Å². The van der Waals surface area contributed by atoms with E-state index in [9.17, 15) is 4.79 Å². The molecule has 1 heterocycles. The Balaban J connectivity index is 0.00000392. The number of hydrogen-bond donors (Lipinski definition) is 3. The Kier molecular flexibility index (Phi) is 11.1. The first kappa shape index (κ1) is 24.4. The molecule has 0 saturated carbocycles. The molecule has 8 heteroatoms. The number of hydrogen-bond acceptors (Lipinski definition) is 4. The van der Waals surface area contributed by atoms with E-state index in [2.05, 4.69) is 39.8 Å². The maximum absolute atomic E-state index is 12.2. The van der Waals surface area contributed by atoms with E-state index in [1.54, 1.807) is 11.3 Å². The number of benzene rings is 1. The summed E-state index contributed by atoms with van der Waals surface area (Å²) in [6.07, 6.45) is 1.77. The minimum absolute atomic E-state index is 0. The van der Waals surface area contributed by atoms with Crippen LogP contribution in [0.5, 0.6) is 0 Å². The van der Waals surface area contributed by atoms with E-state index in [1.807, 2.05) is 38.1 Å². The lowest BCUT2D eigenvalue weighted by Gasteiger charge is -2.11. The zero-order valence-electron chi connectivity index (χ0n) is 17.0. The number of aliphatic imine (C=N–C) groups is 1. The second-order valence-electron chi connectivity index (χ2n) is 6.22. The van der Waals surface area contributed by atoms with Crippen LogP contribution in [-0.2, 0) is 17.6 Å². The van der Waals surface area contributed by atoms with Crippen molar-refractivity contribution in [2.24, 2.45) is 4.99 Å². The number of nitrogens with zero attached hydrogens (tertiary/aromatic N) is 2. The number of rotatable bonds is 8. The molecule has 0 unspecified atom stereocenters. The molecular formula is C20H30IN5OS. The number of aryl methyl sites for hydroxylation is 3. The maximum Gasteiger partial charge on any atom is 0.246 e. The predicted molar refractivity (Wildman–Crippen MR) is 129 cm³/mol. The van der Waals surface area contributed by atoms with Gasteiger partial charge in [-0.05, 0) is 44.9 Å². The van der Waals surface area contributed by atoms with Crippen molar-refractivity contribution in [3.8, 4) is 0 Å². The van der Waals surface area contributed by atoms with Gasteiger partial charge in [0.15, 0.2) is 5.96 Å². The number of carbonyl (C=O) groups is 1. The molecule has 0 atom stereocenters. The highest BCUT2D eigenvalue weighted by atomic mass is 127. The molecule has 0 aliphatic heterocycles. The summed E-state index contributed by atoms with van der Waals surface area (Å²) in [5.74, 6) is 0.506. The lowest BCUT2D eigenvalue weighted by atomic mass is 10.1. The normalized spacial score (nSPS) is 10.9. The fraction of sp³-hybridized carbons (Fsp3) is 0.450. The van der Waals surface area contributed by atoms with Crippen LogP contribution in [0.15, 0.2) is 29.3 Å². The highest BCUT2D eigenvalue weighted by Crippen LogP contribution is 2.16. The van der Waals surface area contributed by atoms with E-state index < -0.39 is 0 Å². The molecule has 2 rings (SSSR count). The molecule has 2 aromatic rings.